The number of Topliss-reactive ketones (excluding diaryl/α,β-unsaturated/α-hetero) is 1. The summed E-state index contributed by atoms with van der Waals surface area (Å²) in [6, 6.07) is 12.1. The number of nitro groups is 1. The number of ether oxygens (including phenoxy) is 1. The molecule has 1 atom stereocenters. The summed E-state index contributed by atoms with van der Waals surface area (Å²) in [6.45, 7) is 8.81. The number of nitro benzene ring substituents is 1. The molecule has 0 aliphatic carbocycles. The zero-order chi connectivity index (χ0) is 23.1. The van der Waals surface area contributed by atoms with Gasteiger partial charge >= 0.3 is 6.09 Å². The molecule has 0 saturated heterocycles. The first kappa shape index (κ1) is 23.5. The number of amides is 2. The molecule has 0 aliphatic heterocycles. The van der Waals surface area contributed by atoms with Crippen LogP contribution in [0.2, 0.25) is 0 Å². The Hall–Kier alpha value is -3.81. The Kier molecular flexibility index (Phi) is 7.79. The number of ketones is 1. The van der Waals surface area contributed by atoms with E-state index >= 15 is 0 Å². The van der Waals surface area contributed by atoms with Crippen LogP contribution in [0.3, 0.4) is 0 Å². The van der Waals surface area contributed by atoms with Crippen LogP contribution in [0.5, 0.6) is 0 Å². The van der Waals surface area contributed by atoms with Crippen LogP contribution >= 0.6 is 0 Å². The molecule has 0 saturated carbocycles. The zero-order valence-corrected chi connectivity index (χ0v) is 17.6. The first-order valence-corrected chi connectivity index (χ1v) is 9.63. The van der Waals surface area contributed by atoms with E-state index in [1.165, 1.54) is 43.3 Å². The molecule has 2 aromatic rings. The van der Waals surface area contributed by atoms with Gasteiger partial charge in [0.25, 0.3) is 11.6 Å². The number of non-ortho nitro benzene ring substituents is 1. The fraction of sp³-hybridized carbons (Fsp3) is 0.261. The molecule has 0 bridgehead atoms. The normalized spacial score (nSPS) is 11.5. The highest BCUT2D eigenvalue weighted by molar-refractivity contribution is 6.05. The average Bonchev–Trinajstić information content (AvgIpc) is 2.75. The van der Waals surface area contributed by atoms with Gasteiger partial charge in [-0.2, -0.15) is 0 Å². The zero-order valence-electron chi connectivity index (χ0n) is 17.6. The first-order valence-electron chi connectivity index (χ1n) is 9.63. The Balaban J connectivity index is 2.60. The lowest BCUT2D eigenvalue weighted by atomic mass is 9.95. The second kappa shape index (κ2) is 10.3. The lowest BCUT2D eigenvalue weighted by molar-refractivity contribution is -0.384. The summed E-state index contributed by atoms with van der Waals surface area (Å²) in [4.78, 5) is 49.8. The van der Waals surface area contributed by atoms with Crippen LogP contribution in [-0.4, -0.2) is 34.2 Å². The Morgan fingerprint density at radius 3 is 2.13 bits per heavy atom. The van der Waals surface area contributed by atoms with Crippen molar-refractivity contribution < 1.29 is 24.0 Å². The highest BCUT2D eigenvalue weighted by Gasteiger charge is 2.36. The number of carbonyl (C=O) groups is 3. The summed E-state index contributed by atoms with van der Waals surface area (Å²) in [6.07, 6.45) is -0.937. The number of nitrogens with zero attached hydrogens (tertiary/aromatic N) is 2. The van der Waals surface area contributed by atoms with E-state index in [4.69, 9.17) is 4.74 Å². The van der Waals surface area contributed by atoms with Crippen molar-refractivity contribution in [2.75, 3.05) is 6.61 Å². The molecular weight excluding hydrogens is 400 g/mol. The van der Waals surface area contributed by atoms with Gasteiger partial charge in [0.1, 0.15) is 0 Å². The maximum absolute atomic E-state index is 13.3. The molecule has 0 radical (unpaired) electrons. The van der Waals surface area contributed by atoms with Crippen molar-refractivity contribution in [3.8, 4) is 0 Å². The van der Waals surface area contributed by atoms with Crippen LogP contribution in [0.25, 0.3) is 0 Å². The van der Waals surface area contributed by atoms with Crippen molar-refractivity contribution in [3.05, 3.63) is 88.0 Å². The van der Waals surface area contributed by atoms with Crippen molar-refractivity contribution in [2.45, 2.75) is 26.8 Å². The molecule has 0 fully saturated rings. The predicted molar refractivity (Wildman–Crippen MR) is 114 cm³/mol. The van der Waals surface area contributed by atoms with E-state index < -0.39 is 28.7 Å². The van der Waals surface area contributed by atoms with E-state index in [0.29, 0.717) is 5.56 Å². The van der Waals surface area contributed by atoms with Gasteiger partial charge in [-0.15, -0.1) is 0 Å². The second-order valence-electron chi connectivity index (χ2n) is 7.34. The van der Waals surface area contributed by atoms with Crippen molar-refractivity contribution in [3.63, 3.8) is 0 Å². The molecule has 31 heavy (non-hydrogen) atoms. The molecule has 2 amide bonds. The van der Waals surface area contributed by atoms with Crippen LogP contribution in [0.1, 0.15) is 42.7 Å². The van der Waals surface area contributed by atoms with Crippen LogP contribution in [0, 0.1) is 16.0 Å². The maximum Gasteiger partial charge on any atom is 0.417 e. The minimum atomic E-state index is -1.19. The van der Waals surface area contributed by atoms with Gasteiger partial charge in [-0.25, -0.2) is 9.69 Å². The lowest BCUT2D eigenvalue weighted by Gasteiger charge is -2.30. The Morgan fingerprint density at radius 2 is 1.65 bits per heavy atom. The Bertz CT molecular complexity index is 983. The van der Waals surface area contributed by atoms with Gasteiger partial charge in [0.2, 0.25) is 0 Å². The van der Waals surface area contributed by atoms with Crippen molar-refractivity contribution in [1.82, 2.24) is 4.90 Å². The highest BCUT2D eigenvalue weighted by Crippen LogP contribution is 2.32. The van der Waals surface area contributed by atoms with Crippen LogP contribution in [0.4, 0.5) is 10.5 Å². The lowest BCUT2D eigenvalue weighted by Crippen LogP contribution is -2.42. The smallest absolute Gasteiger partial charge is 0.417 e. The highest BCUT2D eigenvalue weighted by atomic mass is 16.6. The fourth-order valence-corrected chi connectivity index (χ4v) is 2.81. The van der Waals surface area contributed by atoms with E-state index in [2.05, 4.69) is 6.58 Å². The molecule has 0 heterocycles. The molecule has 1 unspecified atom stereocenters. The quantitative estimate of drug-likeness (QED) is 0.345. The molecule has 0 aliphatic rings. The van der Waals surface area contributed by atoms with Gasteiger partial charge in [0.15, 0.2) is 5.78 Å². The predicted octanol–water partition coefficient (Wildman–Crippen LogP) is 4.72. The summed E-state index contributed by atoms with van der Waals surface area (Å²) < 4.78 is 5.31. The third kappa shape index (κ3) is 5.85. The summed E-state index contributed by atoms with van der Waals surface area (Å²) in [7, 11) is 0. The average molecular weight is 424 g/mol. The van der Waals surface area contributed by atoms with E-state index in [9.17, 15) is 24.5 Å². The van der Waals surface area contributed by atoms with E-state index in [0.717, 1.165) is 4.90 Å². The molecule has 0 N–H and O–H groups in total. The van der Waals surface area contributed by atoms with E-state index in [1.807, 2.05) is 13.8 Å². The number of benzene rings is 2. The minimum absolute atomic E-state index is 0.0199. The molecular formula is C23H24N2O6. The largest absolute Gasteiger partial charge is 0.449 e. The number of rotatable bonds is 8. The molecule has 0 spiro atoms. The van der Waals surface area contributed by atoms with Gasteiger partial charge in [0.05, 0.1) is 17.6 Å². The molecule has 0 aromatic heterocycles. The molecule has 8 nitrogen and oxygen atoms in total. The summed E-state index contributed by atoms with van der Waals surface area (Å²) >= 11 is 0. The van der Waals surface area contributed by atoms with Gasteiger partial charge in [-0.05, 0) is 42.7 Å². The Morgan fingerprint density at radius 1 is 1.06 bits per heavy atom. The second-order valence-corrected chi connectivity index (χ2v) is 7.34. The van der Waals surface area contributed by atoms with Crippen molar-refractivity contribution in [1.29, 1.82) is 0 Å². The first-order chi connectivity index (χ1) is 14.6. The van der Waals surface area contributed by atoms with E-state index in [1.54, 1.807) is 18.2 Å². The third-order valence-corrected chi connectivity index (χ3v) is 4.44. The summed E-state index contributed by atoms with van der Waals surface area (Å²) in [5.41, 5.74) is 0.336. The molecule has 2 aromatic carbocycles. The summed E-state index contributed by atoms with van der Waals surface area (Å²) in [5, 5.41) is 11.0. The number of hydrogen-bond donors (Lipinski definition) is 0. The van der Waals surface area contributed by atoms with E-state index in [-0.39, 0.29) is 29.3 Å². The SMILES string of the molecule is C=C(C(C)=O)C(c1ccc([N+](=O)[O-])cc1)N(C(=O)OCC(C)C)C(=O)c1ccccc1. The molecule has 162 valence electrons. The van der Waals surface area contributed by atoms with Gasteiger partial charge < -0.3 is 4.74 Å². The number of imide groups is 1. The van der Waals surface area contributed by atoms with Crippen LogP contribution < -0.4 is 0 Å². The monoisotopic (exact) mass is 424 g/mol. The third-order valence-electron chi connectivity index (χ3n) is 4.44. The maximum atomic E-state index is 13.3. The van der Waals surface area contributed by atoms with Crippen molar-refractivity contribution >= 4 is 23.5 Å². The topological polar surface area (TPSA) is 107 Å². The standard InChI is InChI=1S/C23H24N2O6/c1-15(2)14-31-23(28)24(22(27)19-8-6-5-7-9-19)21(16(3)17(4)26)18-10-12-20(13-11-18)25(29)30/h5-13,15,21H,3,14H2,1-2,4H3. The molecule has 8 heteroatoms. The van der Waals surface area contributed by atoms with Crippen LogP contribution in [-0.2, 0) is 9.53 Å². The van der Waals surface area contributed by atoms with Gasteiger partial charge in [0, 0.05) is 23.3 Å². The minimum Gasteiger partial charge on any atom is -0.449 e. The van der Waals surface area contributed by atoms with Crippen molar-refractivity contribution in [2.24, 2.45) is 5.92 Å². The van der Waals surface area contributed by atoms with Crippen LogP contribution in [0.15, 0.2) is 66.7 Å². The molecule has 2 rings (SSSR count). The summed E-state index contributed by atoms with van der Waals surface area (Å²) in [5.74, 6) is -1.10. The Labute approximate surface area is 180 Å². The van der Waals surface area contributed by atoms with Gasteiger partial charge in [-0.3, -0.25) is 19.7 Å². The van der Waals surface area contributed by atoms with Gasteiger partial charge in [-0.1, -0.05) is 38.6 Å². The number of hydrogen-bond acceptors (Lipinski definition) is 6. The fourth-order valence-electron chi connectivity index (χ4n) is 2.81. The number of carbonyl (C=O) groups excluding carboxylic acids is 3.